The summed E-state index contributed by atoms with van der Waals surface area (Å²) < 4.78 is 88.8. The summed E-state index contributed by atoms with van der Waals surface area (Å²) in [5, 5.41) is 12.8. The van der Waals surface area contributed by atoms with Crippen LogP contribution in [0.5, 0.6) is 0 Å². The maximum absolute atomic E-state index is 14.2. The van der Waals surface area contributed by atoms with Crippen LogP contribution in [0, 0.1) is 5.82 Å². The average molecular weight is 636 g/mol. The number of aromatic nitrogens is 5. The molecule has 0 unspecified atom stereocenters. The Labute approximate surface area is 248 Å². The largest absolute Gasteiger partial charge is 0.444 e. The molecular formula is C26H31F6N7O3S. The molecule has 0 aliphatic carbocycles. The minimum atomic E-state index is -4.82. The van der Waals surface area contributed by atoms with Crippen LogP contribution < -0.4 is 16.2 Å². The topological polar surface area (TPSA) is 108 Å². The number of nitrogens with zero attached hydrogens (tertiary/aromatic N) is 5. The Balaban J connectivity index is 1.92. The molecule has 3 heterocycles. The number of aryl methyl sites for hydroxylation is 1. The van der Waals surface area contributed by atoms with Crippen LogP contribution in [0.2, 0.25) is 0 Å². The second-order valence-electron chi connectivity index (χ2n) is 11.4. The Morgan fingerprint density at radius 2 is 1.77 bits per heavy atom. The molecule has 0 bridgehead atoms. The molecule has 0 aliphatic rings. The van der Waals surface area contributed by atoms with E-state index in [9.17, 15) is 35.9 Å². The van der Waals surface area contributed by atoms with Crippen molar-refractivity contribution in [2.24, 2.45) is 7.05 Å². The molecule has 0 radical (unpaired) electrons. The maximum atomic E-state index is 14.2. The number of nitrogens with one attached hydrogen (secondary N) is 2. The van der Waals surface area contributed by atoms with Crippen LogP contribution in [0.25, 0.3) is 11.3 Å². The predicted octanol–water partition coefficient (Wildman–Crippen LogP) is 4.83. The number of pyridine rings is 1. The third-order valence-electron chi connectivity index (χ3n) is 5.81. The third kappa shape index (κ3) is 9.05. The fourth-order valence-corrected chi connectivity index (χ4v) is 4.46. The maximum Gasteiger partial charge on any atom is 0.435 e. The van der Waals surface area contributed by atoms with E-state index in [1.54, 1.807) is 34.6 Å². The number of rotatable bonds is 9. The molecule has 1 atom stereocenters. The third-order valence-corrected chi connectivity index (χ3v) is 6.20. The lowest BCUT2D eigenvalue weighted by atomic mass is 10.0. The van der Waals surface area contributed by atoms with Crippen molar-refractivity contribution in [1.29, 1.82) is 0 Å². The number of carbonyl (C=O) groups excluding carboxylic acids is 1. The van der Waals surface area contributed by atoms with E-state index in [0.29, 0.717) is 10.2 Å². The zero-order valence-electron chi connectivity index (χ0n) is 24.1. The standard InChI is InChI=1S/C26H31F6N7O3S/c1-24(2,3)42-23(41)34-17(7-14-10-33-38(11-14)22(28)29)20(43)35-25(4,5)13-39-18(9-19(36-39)26(30,31)32)15-8-16(27)21(40)37(6)12-15/h8-12,17,22H,7,13H2,1-6H3,(H,34,41)(H,35,43)/t17-/m1/s1. The molecule has 3 aromatic heterocycles. The van der Waals surface area contributed by atoms with E-state index in [-0.39, 0.29) is 29.2 Å². The first-order valence-corrected chi connectivity index (χ1v) is 13.2. The highest BCUT2D eigenvalue weighted by Crippen LogP contribution is 2.32. The molecule has 2 N–H and O–H groups in total. The quantitative estimate of drug-likeness (QED) is 0.256. The number of carbonyl (C=O) groups is 1. The summed E-state index contributed by atoms with van der Waals surface area (Å²) in [5.74, 6) is -1.16. The van der Waals surface area contributed by atoms with Gasteiger partial charge in [0.25, 0.3) is 5.56 Å². The van der Waals surface area contributed by atoms with E-state index >= 15 is 0 Å². The summed E-state index contributed by atoms with van der Waals surface area (Å²) in [6, 6.07) is 0.558. The highest BCUT2D eigenvalue weighted by Gasteiger charge is 2.36. The second-order valence-corrected chi connectivity index (χ2v) is 11.9. The van der Waals surface area contributed by atoms with Crippen molar-refractivity contribution in [2.75, 3.05) is 0 Å². The molecule has 0 aliphatic heterocycles. The smallest absolute Gasteiger partial charge is 0.435 e. The molecule has 236 valence electrons. The molecule has 0 aromatic carbocycles. The molecule has 3 aromatic rings. The van der Waals surface area contributed by atoms with E-state index < -0.39 is 53.1 Å². The zero-order chi connectivity index (χ0) is 32.5. The normalized spacial score (nSPS) is 13.2. The van der Waals surface area contributed by atoms with Crippen LogP contribution >= 0.6 is 12.2 Å². The Kier molecular flexibility index (Phi) is 9.68. The lowest BCUT2D eigenvalue weighted by Gasteiger charge is -2.32. The van der Waals surface area contributed by atoms with Gasteiger partial charge in [-0.25, -0.2) is 13.9 Å². The van der Waals surface area contributed by atoms with Crippen molar-refractivity contribution in [3.8, 4) is 11.3 Å². The minimum Gasteiger partial charge on any atom is -0.444 e. The fraction of sp³-hybridized carbons (Fsp3) is 0.500. The van der Waals surface area contributed by atoms with Gasteiger partial charge in [-0.1, -0.05) is 12.2 Å². The highest BCUT2D eigenvalue weighted by atomic mass is 32.1. The molecule has 17 heteroatoms. The van der Waals surface area contributed by atoms with Gasteiger partial charge in [-0.15, -0.1) is 0 Å². The van der Waals surface area contributed by atoms with Crippen LogP contribution in [0.3, 0.4) is 0 Å². The Morgan fingerprint density at radius 3 is 2.30 bits per heavy atom. The van der Waals surface area contributed by atoms with Gasteiger partial charge in [0.1, 0.15) is 5.60 Å². The monoisotopic (exact) mass is 635 g/mol. The van der Waals surface area contributed by atoms with Gasteiger partial charge in [-0.05, 0) is 52.3 Å². The van der Waals surface area contributed by atoms with Gasteiger partial charge in [0.05, 0.1) is 35.0 Å². The Bertz CT molecular complexity index is 1510. The van der Waals surface area contributed by atoms with Gasteiger partial charge in [0.2, 0.25) is 0 Å². The van der Waals surface area contributed by atoms with Crippen molar-refractivity contribution in [2.45, 2.75) is 77.5 Å². The summed E-state index contributed by atoms with van der Waals surface area (Å²) in [6.45, 7) is 4.98. The Morgan fingerprint density at radius 1 is 1.12 bits per heavy atom. The van der Waals surface area contributed by atoms with Crippen LogP contribution in [-0.2, 0) is 30.9 Å². The van der Waals surface area contributed by atoms with Gasteiger partial charge >= 0.3 is 18.8 Å². The first kappa shape index (κ1) is 33.6. The number of alkyl halides is 5. The van der Waals surface area contributed by atoms with Gasteiger partial charge in [-0.2, -0.15) is 32.1 Å². The van der Waals surface area contributed by atoms with E-state index in [0.717, 1.165) is 27.6 Å². The van der Waals surface area contributed by atoms with Crippen molar-refractivity contribution < 1.29 is 35.9 Å². The number of hydrogen-bond acceptors (Lipinski definition) is 6. The molecule has 0 saturated heterocycles. The summed E-state index contributed by atoms with van der Waals surface area (Å²) in [5.41, 5.74) is -4.04. The average Bonchev–Trinajstić information content (AvgIpc) is 3.47. The first-order valence-electron chi connectivity index (χ1n) is 12.8. The SMILES string of the molecule is Cn1cc(-c2cc(C(F)(F)F)nn2CC(C)(C)NC(=S)[C@@H](Cc2cnn(C(F)F)c2)NC(=O)OC(C)(C)C)cc(F)c1=O. The molecule has 3 rings (SSSR count). The van der Waals surface area contributed by atoms with Crippen molar-refractivity contribution in [1.82, 2.24) is 34.8 Å². The van der Waals surface area contributed by atoms with Crippen LogP contribution in [0.1, 0.15) is 52.4 Å². The number of amides is 1. The second kappa shape index (κ2) is 12.4. The van der Waals surface area contributed by atoms with Crippen LogP contribution in [-0.4, -0.2) is 52.4 Å². The lowest BCUT2D eigenvalue weighted by molar-refractivity contribution is -0.141. The molecular weight excluding hydrogens is 604 g/mol. The molecule has 1 amide bonds. The summed E-state index contributed by atoms with van der Waals surface area (Å²) in [4.78, 5) is 24.4. The predicted molar refractivity (Wildman–Crippen MR) is 148 cm³/mol. The summed E-state index contributed by atoms with van der Waals surface area (Å²) >= 11 is 5.54. The van der Waals surface area contributed by atoms with Gasteiger partial charge < -0.3 is 19.9 Å². The summed E-state index contributed by atoms with van der Waals surface area (Å²) in [6.07, 6.45) is -2.28. The first-order chi connectivity index (χ1) is 19.6. The van der Waals surface area contributed by atoms with Gasteiger partial charge in [0.15, 0.2) is 11.5 Å². The number of halogens is 6. The zero-order valence-corrected chi connectivity index (χ0v) is 24.9. The van der Waals surface area contributed by atoms with E-state index in [1.165, 1.54) is 19.4 Å². The summed E-state index contributed by atoms with van der Waals surface area (Å²) in [7, 11) is 1.26. The van der Waals surface area contributed by atoms with Crippen LogP contribution in [0.4, 0.5) is 31.1 Å². The molecule has 10 nitrogen and oxygen atoms in total. The molecule has 0 fully saturated rings. The molecule has 0 saturated carbocycles. The number of alkyl carbamates (subject to hydrolysis) is 1. The Hall–Kier alpha value is -3.89. The molecule has 0 spiro atoms. The minimum absolute atomic E-state index is 0.0126. The van der Waals surface area contributed by atoms with E-state index in [1.807, 2.05) is 0 Å². The van der Waals surface area contributed by atoms with Crippen molar-refractivity contribution >= 4 is 23.3 Å². The van der Waals surface area contributed by atoms with E-state index in [4.69, 9.17) is 17.0 Å². The van der Waals surface area contributed by atoms with Crippen molar-refractivity contribution in [3.63, 3.8) is 0 Å². The fourth-order valence-electron chi connectivity index (χ4n) is 4.04. The van der Waals surface area contributed by atoms with Gasteiger partial charge in [-0.3, -0.25) is 9.48 Å². The van der Waals surface area contributed by atoms with E-state index in [2.05, 4.69) is 20.8 Å². The molecule has 43 heavy (non-hydrogen) atoms. The number of ether oxygens (including phenoxy) is 1. The van der Waals surface area contributed by atoms with Crippen molar-refractivity contribution in [3.05, 3.63) is 58.2 Å². The van der Waals surface area contributed by atoms with Gasteiger partial charge in [0, 0.05) is 31.4 Å². The van der Waals surface area contributed by atoms with Crippen LogP contribution in [0.15, 0.2) is 35.5 Å². The highest BCUT2D eigenvalue weighted by molar-refractivity contribution is 7.80. The number of hydrogen-bond donors (Lipinski definition) is 2. The number of thiocarbonyl (C=S) groups is 1. The lowest BCUT2D eigenvalue weighted by Crippen LogP contribution is -2.55.